The van der Waals surface area contributed by atoms with Crippen LogP contribution in [-0.2, 0) is 5.41 Å². The molecule has 0 saturated carbocycles. The van der Waals surface area contributed by atoms with Gasteiger partial charge in [-0.15, -0.1) is 0 Å². The molecule has 270 valence electrons. The summed E-state index contributed by atoms with van der Waals surface area (Å²) >= 11 is 7.90. The van der Waals surface area contributed by atoms with E-state index in [2.05, 4.69) is 110 Å². The van der Waals surface area contributed by atoms with Gasteiger partial charge in [0.15, 0.2) is 0 Å². The molecule has 0 heterocycles. The molecule has 0 radical (unpaired) electrons. The van der Waals surface area contributed by atoms with E-state index in [-0.39, 0.29) is 5.41 Å². The number of rotatable bonds is 26. The van der Waals surface area contributed by atoms with Crippen molar-refractivity contribution < 1.29 is 0 Å². The minimum absolute atomic E-state index is 0.138. The summed E-state index contributed by atoms with van der Waals surface area (Å²) < 4.78 is 2.50. The molecule has 0 nitrogen and oxygen atoms in total. The SMILES string of the molecule is CCCC[PH](CCCC)(CCCC)CCCC1(CCC[PH](CCCC)(CCCC)CCCC)c2cc(Br)ccc2-c2ccc(Br)cc21. The zero-order chi connectivity index (χ0) is 34.2. The van der Waals surface area contributed by atoms with Gasteiger partial charge in [-0.05, 0) is 0 Å². The number of hydrogen-bond donors (Lipinski definition) is 0. The molecule has 1 aliphatic rings. The van der Waals surface area contributed by atoms with E-state index in [0.717, 1.165) is 0 Å². The number of unbranched alkanes of at least 4 members (excludes halogenated alkanes) is 6. The average Bonchev–Trinajstić information content (AvgIpc) is 3.33. The van der Waals surface area contributed by atoms with Crippen molar-refractivity contribution in [3.05, 3.63) is 56.5 Å². The van der Waals surface area contributed by atoms with Crippen LogP contribution in [0.3, 0.4) is 0 Å². The number of benzene rings is 2. The first kappa shape index (κ1) is 41.7. The molecule has 0 fully saturated rings. The molecule has 0 atom stereocenters. The van der Waals surface area contributed by atoms with Crippen molar-refractivity contribution in [1.82, 2.24) is 0 Å². The van der Waals surface area contributed by atoms with Gasteiger partial charge in [0.25, 0.3) is 0 Å². The quantitative estimate of drug-likeness (QED) is 0.0830. The van der Waals surface area contributed by atoms with Crippen LogP contribution in [0.4, 0.5) is 0 Å². The van der Waals surface area contributed by atoms with Gasteiger partial charge in [0.1, 0.15) is 0 Å². The average molecular weight is 813 g/mol. The Kier molecular flexibility index (Phi) is 19.1. The van der Waals surface area contributed by atoms with Crippen LogP contribution in [0.2, 0.25) is 0 Å². The predicted molar refractivity (Wildman–Crippen MR) is 232 cm³/mol. The topological polar surface area (TPSA) is 0 Å². The molecule has 0 bridgehead atoms. The maximum atomic E-state index is 3.95. The van der Waals surface area contributed by atoms with Crippen LogP contribution in [0.5, 0.6) is 0 Å². The fourth-order valence-corrected chi connectivity index (χ4v) is 21.6. The van der Waals surface area contributed by atoms with E-state index in [0.29, 0.717) is 0 Å². The Hall–Kier alpha value is 0.260. The van der Waals surface area contributed by atoms with E-state index in [1.807, 2.05) is 0 Å². The maximum absolute atomic E-state index is 3.95. The Bertz CT molecular complexity index is 1040. The summed E-state index contributed by atoms with van der Waals surface area (Å²) in [5, 5.41) is 0. The van der Waals surface area contributed by atoms with Gasteiger partial charge < -0.3 is 0 Å². The second kappa shape index (κ2) is 21.6. The van der Waals surface area contributed by atoms with Gasteiger partial charge in [-0.3, -0.25) is 0 Å². The van der Waals surface area contributed by atoms with E-state index in [1.165, 1.54) is 123 Å². The van der Waals surface area contributed by atoms with Crippen molar-refractivity contribution in [2.45, 2.75) is 150 Å². The van der Waals surface area contributed by atoms with Crippen LogP contribution < -0.4 is 0 Å². The van der Waals surface area contributed by atoms with Crippen molar-refractivity contribution in [2.24, 2.45) is 0 Å². The summed E-state index contributed by atoms with van der Waals surface area (Å²) in [7, 11) is -2.57. The normalized spacial score (nSPS) is 14.7. The minimum atomic E-state index is -1.29. The zero-order valence-corrected chi connectivity index (χ0v) is 36.9. The third-order valence-electron chi connectivity index (χ3n) is 12.3. The van der Waals surface area contributed by atoms with Crippen LogP contribution in [0.25, 0.3) is 11.1 Å². The Morgan fingerprint density at radius 2 is 0.702 bits per heavy atom. The summed E-state index contributed by atoms with van der Waals surface area (Å²) in [6.45, 7) is 14.5. The van der Waals surface area contributed by atoms with Gasteiger partial charge in [0, 0.05) is 0 Å². The van der Waals surface area contributed by atoms with E-state index in [9.17, 15) is 0 Å². The molecule has 2 aromatic rings. The monoisotopic (exact) mass is 810 g/mol. The van der Waals surface area contributed by atoms with Crippen molar-refractivity contribution in [3.63, 3.8) is 0 Å². The van der Waals surface area contributed by atoms with Gasteiger partial charge in [0.2, 0.25) is 0 Å². The Labute approximate surface area is 311 Å². The summed E-state index contributed by atoms with van der Waals surface area (Å²) in [4.78, 5) is 0. The standard InChI is InChI=1S/C43H74Br2P2/c1-7-13-27-46(28-14-8-2,29-15-9-3)33-19-25-43(26-20-34-47(30-16-10-4,31-17-11-5)32-18-12-6)41-35-37(44)21-23-39(41)40-24-22-38(45)36-42(40)43/h21-24,35-36,46-47H,7-20,25-34H2,1-6H3. The van der Waals surface area contributed by atoms with Crippen LogP contribution >= 0.6 is 46.4 Å². The van der Waals surface area contributed by atoms with Crippen LogP contribution in [-0.4, -0.2) is 49.3 Å². The molecule has 2 aromatic carbocycles. The molecule has 0 N–H and O–H groups in total. The van der Waals surface area contributed by atoms with E-state index in [1.54, 1.807) is 60.4 Å². The number of fused-ring (bicyclic) bond motifs is 3. The zero-order valence-electron chi connectivity index (χ0n) is 31.7. The van der Waals surface area contributed by atoms with E-state index < -0.39 is 14.5 Å². The van der Waals surface area contributed by atoms with E-state index >= 15 is 0 Å². The Morgan fingerprint density at radius 3 is 0.979 bits per heavy atom. The first-order chi connectivity index (χ1) is 22.8. The van der Waals surface area contributed by atoms with Crippen LogP contribution in [0, 0.1) is 0 Å². The van der Waals surface area contributed by atoms with E-state index in [4.69, 9.17) is 0 Å². The van der Waals surface area contributed by atoms with Crippen LogP contribution in [0.15, 0.2) is 45.3 Å². The van der Waals surface area contributed by atoms with Gasteiger partial charge in [-0.2, -0.15) is 0 Å². The van der Waals surface area contributed by atoms with Crippen molar-refractivity contribution in [2.75, 3.05) is 49.3 Å². The van der Waals surface area contributed by atoms with Gasteiger partial charge in [0.05, 0.1) is 0 Å². The molecule has 0 saturated heterocycles. The van der Waals surface area contributed by atoms with Crippen molar-refractivity contribution >= 4 is 46.4 Å². The molecule has 0 unspecified atom stereocenters. The first-order valence-corrected chi connectivity index (χ1v) is 27.6. The van der Waals surface area contributed by atoms with Crippen molar-refractivity contribution in [1.29, 1.82) is 0 Å². The fraction of sp³-hybridized carbons (Fsp3) is 0.721. The molecule has 0 aliphatic heterocycles. The summed E-state index contributed by atoms with van der Waals surface area (Å²) in [5.41, 5.74) is 6.41. The summed E-state index contributed by atoms with van der Waals surface area (Å²) in [6, 6.07) is 14.5. The molecule has 0 amide bonds. The predicted octanol–water partition coefficient (Wildman–Crippen LogP) is 15.3. The molecule has 4 heteroatoms. The first-order valence-electron chi connectivity index (χ1n) is 20.4. The summed E-state index contributed by atoms with van der Waals surface area (Å²) in [6.07, 6.45) is 34.9. The molecular formula is C43H74Br2P2. The molecule has 1 aliphatic carbocycles. The van der Waals surface area contributed by atoms with Gasteiger partial charge in [-0.1, -0.05) is 0 Å². The fourth-order valence-electron chi connectivity index (χ4n) is 9.44. The second-order valence-corrected chi connectivity index (χ2v) is 27.6. The molecule has 0 aromatic heterocycles. The third kappa shape index (κ3) is 11.6. The number of halogens is 2. The third-order valence-corrected chi connectivity index (χ3v) is 24.6. The van der Waals surface area contributed by atoms with Gasteiger partial charge in [-0.25, -0.2) is 0 Å². The second-order valence-electron chi connectivity index (χ2n) is 15.8. The number of hydrogen-bond acceptors (Lipinski definition) is 0. The van der Waals surface area contributed by atoms with Gasteiger partial charge >= 0.3 is 313 Å². The molecular weight excluding hydrogens is 738 g/mol. The van der Waals surface area contributed by atoms with Crippen LogP contribution in [0.1, 0.15) is 155 Å². The Balaban J connectivity index is 2.02. The molecule has 0 spiro atoms. The molecule has 3 rings (SSSR count). The molecule has 47 heavy (non-hydrogen) atoms. The summed E-state index contributed by atoms with van der Waals surface area (Å²) in [5.74, 6) is 0. The van der Waals surface area contributed by atoms with Crippen molar-refractivity contribution in [3.8, 4) is 11.1 Å². The Morgan fingerprint density at radius 1 is 0.426 bits per heavy atom.